The van der Waals surface area contributed by atoms with Gasteiger partial charge in [-0.1, -0.05) is 43.3 Å². The first-order valence-corrected chi connectivity index (χ1v) is 12.6. The number of piperidine rings is 1. The molecular weight excluding hydrogens is 428 g/mol. The van der Waals surface area contributed by atoms with Gasteiger partial charge in [-0.2, -0.15) is 0 Å². The van der Waals surface area contributed by atoms with E-state index < -0.39 is 0 Å². The Hall–Kier alpha value is -2.76. The minimum Gasteiger partial charge on any atom is -0.487 e. The van der Waals surface area contributed by atoms with Gasteiger partial charge < -0.3 is 9.64 Å². The fourth-order valence-electron chi connectivity index (χ4n) is 4.80. The molecule has 1 N–H and O–H groups in total. The second-order valence-corrected chi connectivity index (χ2v) is 9.85. The average Bonchev–Trinajstić information content (AvgIpc) is 2.88. The molecule has 4 nitrogen and oxygen atoms in total. The highest BCUT2D eigenvalue weighted by Crippen LogP contribution is 2.41. The van der Waals surface area contributed by atoms with Gasteiger partial charge >= 0.3 is 0 Å². The quantitative estimate of drug-likeness (QED) is 0.478. The van der Waals surface area contributed by atoms with E-state index in [0.29, 0.717) is 0 Å². The number of hydrogen-bond acceptors (Lipinski definition) is 4. The van der Waals surface area contributed by atoms with Gasteiger partial charge in [-0.3, -0.25) is 9.52 Å². The maximum atomic E-state index is 12.8. The molecule has 0 aliphatic carbocycles. The molecule has 0 saturated carbocycles. The number of benzene rings is 3. The molecule has 2 heterocycles. The summed E-state index contributed by atoms with van der Waals surface area (Å²) in [4.78, 5) is 16.0. The number of carbonyl (C=O) groups is 1. The van der Waals surface area contributed by atoms with E-state index in [1.165, 1.54) is 21.6 Å². The summed E-state index contributed by atoms with van der Waals surface area (Å²) in [6, 6.07) is 24.9. The van der Waals surface area contributed by atoms with Crippen molar-refractivity contribution in [2.45, 2.75) is 43.1 Å². The largest absolute Gasteiger partial charge is 0.487 e. The molecule has 5 rings (SSSR count). The van der Waals surface area contributed by atoms with Crippen LogP contribution in [0.4, 0.5) is 0 Å². The molecule has 2 aliphatic heterocycles. The van der Waals surface area contributed by atoms with Crippen LogP contribution in [-0.4, -0.2) is 36.0 Å². The third-order valence-electron chi connectivity index (χ3n) is 6.74. The predicted octanol–water partition coefficient (Wildman–Crippen LogP) is 5.97. The Morgan fingerprint density at radius 2 is 1.70 bits per heavy atom. The Morgan fingerprint density at radius 3 is 2.42 bits per heavy atom. The monoisotopic (exact) mass is 458 g/mol. The number of amides is 1. The molecule has 3 aromatic rings. The molecule has 1 fully saturated rings. The fraction of sp³-hybridized carbons (Fsp3) is 0.321. The summed E-state index contributed by atoms with van der Waals surface area (Å²) in [6.45, 7) is 4.55. The third kappa shape index (κ3) is 4.80. The van der Waals surface area contributed by atoms with Gasteiger partial charge in [0.05, 0.1) is 0 Å². The molecule has 1 amide bonds. The highest BCUT2D eigenvalue weighted by atomic mass is 32.2. The van der Waals surface area contributed by atoms with Gasteiger partial charge in [0.1, 0.15) is 11.4 Å². The molecule has 3 aromatic carbocycles. The average molecular weight is 459 g/mol. The number of rotatable bonds is 5. The lowest BCUT2D eigenvalue weighted by Gasteiger charge is -2.44. The van der Waals surface area contributed by atoms with E-state index >= 15 is 0 Å². The number of ether oxygens (including phenoxy) is 1. The first-order chi connectivity index (χ1) is 16.2. The maximum Gasteiger partial charge on any atom is 0.253 e. The molecule has 2 aliphatic rings. The Balaban J connectivity index is 1.24. The molecule has 1 spiro atoms. The van der Waals surface area contributed by atoms with E-state index in [1.807, 2.05) is 35.2 Å². The van der Waals surface area contributed by atoms with Gasteiger partial charge in [0.25, 0.3) is 5.91 Å². The van der Waals surface area contributed by atoms with Gasteiger partial charge in [-0.25, -0.2) is 0 Å². The number of likely N-dealkylation sites (tertiary alicyclic amines) is 1. The van der Waals surface area contributed by atoms with E-state index in [1.54, 1.807) is 11.9 Å². The molecule has 0 bridgehead atoms. The van der Waals surface area contributed by atoms with Crippen molar-refractivity contribution in [3.05, 3.63) is 83.9 Å². The van der Waals surface area contributed by atoms with E-state index in [2.05, 4.69) is 54.1 Å². The summed E-state index contributed by atoms with van der Waals surface area (Å²) >= 11 is 1.67. The zero-order valence-corrected chi connectivity index (χ0v) is 19.9. The summed E-state index contributed by atoms with van der Waals surface area (Å²) in [5.41, 5.74) is 4.37. The van der Waals surface area contributed by atoms with Gasteiger partial charge in [0.15, 0.2) is 0 Å². The van der Waals surface area contributed by atoms with Crippen molar-refractivity contribution < 1.29 is 9.53 Å². The van der Waals surface area contributed by atoms with Crippen molar-refractivity contribution in [2.24, 2.45) is 0 Å². The van der Waals surface area contributed by atoms with Crippen LogP contribution in [-0.2, 0) is 6.42 Å². The molecular formula is C28H30N2O2S. The van der Waals surface area contributed by atoms with Crippen LogP contribution in [0.25, 0.3) is 11.1 Å². The molecule has 0 atom stereocenters. The minimum absolute atomic E-state index is 0.126. The zero-order chi connectivity index (χ0) is 22.7. The van der Waals surface area contributed by atoms with Crippen LogP contribution in [0, 0.1) is 0 Å². The van der Waals surface area contributed by atoms with Crippen molar-refractivity contribution in [3.8, 4) is 16.9 Å². The van der Waals surface area contributed by atoms with Crippen LogP contribution in [0.15, 0.2) is 77.7 Å². The van der Waals surface area contributed by atoms with Crippen molar-refractivity contribution in [2.75, 3.05) is 19.6 Å². The van der Waals surface area contributed by atoms with Crippen LogP contribution >= 0.6 is 11.9 Å². The first kappa shape index (κ1) is 22.1. The summed E-state index contributed by atoms with van der Waals surface area (Å²) in [7, 11) is 0. The van der Waals surface area contributed by atoms with E-state index in [4.69, 9.17) is 4.74 Å². The molecule has 170 valence electrons. The third-order valence-corrected chi connectivity index (χ3v) is 7.68. The van der Waals surface area contributed by atoms with Crippen LogP contribution in [0.5, 0.6) is 5.75 Å². The predicted molar refractivity (Wildman–Crippen MR) is 135 cm³/mol. The van der Waals surface area contributed by atoms with Crippen LogP contribution < -0.4 is 9.46 Å². The van der Waals surface area contributed by atoms with E-state index in [0.717, 1.165) is 56.6 Å². The lowest BCUT2D eigenvalue weighted by molar-refractivity contribution is -0.0106. The van der Waals surface area contributed by atoms with E-state index in [-0.39, 0.29) is 11.5 Å². The Bertz CT molecular complexity index is 1110. The van der Waals surface area contributed by atoms with E-state index in [9.17, 15) is 4.79 Å². The van der Waals surface area contributed by atoms with Gasteiger partial charge in [0.2, 0.25) is 0 Å². The van der Waals surface area contributed by atoms with Gasteiger partial charge in [0, 0.05) is 42.9 Å². The first-order valence-electron chi connectivity index (χ1n) is 11.8. The van der Waals surface area contributed by atoms with Crippen molar-refractivity contribution >= 4 is 17.9 Å². The zero-order valence-electron chi connectivity index (χ0n) is 19.0. The Labute approximate surface area is 200 Å². The van der Waals surface area contributed by atoms with Gasteiger partial charge in [-0.15, -0.1) is 0 Å². The summed E-state index contributed by atoms with van der Waals surface area (Å²) in [5.74, 6) is 1.13. The van der Waals surface area contributed by atoms with Crippen molar-refractivity contribution in [1.82, 2.24) is 9.62 Å². The summed E-state index contributed by atoms with van der Waals surface area (Å²) in [6.07, 6.45) is 3.80. The van der Waals surface area contributed by atoms with Crippen molar-refractivity contribution in [1.29, 1.82) is 0 Å². The number of nitrogens with zero attached hydrogens (tertiary/aromatic N) is 1. The molecule has 33 heavy (non-hydrogen) atoms. The summed E-state index contributed by atoms with van der Waals surface area (Å²) in [5, 5.41) is 0. The number of nitrogens with one attached hydrogen (secondary N) is 1. The highest BCUT2D eigenvalue weighted by Gasteiger charge is 2.40. The Morgan fingerprint density at radius 1 is 0.970 bits per heavy atom. The number of hydrogen-bond donors (Lipinski definition) is 1. The van der Waals surface area contributed by atoms with Crippen LogP contribution in [0.1, 0.15) is 42.1 Å². The number of aryl methyl sites for hydroxylation is 1. The number of carbonyl (C=O) groups excluding carboxylic acids is 1. The van der Waals surface area contributed by atoms with Crippen LogP contribution in [0.2, 0.25) is 0 Å². The van der Waals surface area contributed by atoms with Gasteiger partial charge in [-0.05, 0) is 77.9 Å². The van der Waals surface area contributed by atoms with Crippen molar-refractivity contribution in [3.63, 3.8) is 0 Å². The minimum atomic E-state index is -0.146. The SMILES string of the molecule is CCNSc1ccc(-c2ccc3c(c2)CCC2(CCN(C(=O)c4ccccc4)CC2)O3)cc1. The molecule has 1 saturated heterocycles. The molecule has 0 aromatic heterocycles. The lowest BCUT2D eigenvalue weighted by Crippen LogP contribution is -2.51. The topological polar surface area (TPSA) is 41.6 Å². The smallest absolute Gasteiger partial charge is 0.253 e. The second-order valence-electron chi connectivity index (χ2n) is 8.89. The second kappa shape index (κ2) is 9.62. The standard InChI is InChI=1S/C28H30N2O2S/c1-2-29-33-25-11-8-21(9-12-25)23-10-13-26-24(20-23)14-15-28(32-26)16-18-30(19-17-28)27(31)22-6-4-3-5-7-22/h3-13,20,29H,2,14-19H2,1H3. The van der Waals surface area contributed by atoms with Crippen LogP contribution in [0.3, 0.4) is 0 Å². The maximum absolute atomic E-state index is 12.8. The fourth-order valence-corrected chi connectivity index (χ4v) is 5.39. The number of fused-ring (bicyclic) bond motifs is 1. The highest BCUT2D eigenvalue weighted by molar-refractivity contribution is 7.97. The molecule has 5 heteroatoms. The Kier molecular flexibility index (Phi) is 6.43. The molecule has 0 radical (unpaired) electrons. The molecule has 0 unspecified atom stereocenters. The normalized spacial score (nSPS) is 16.8. The summed E-state index contributed by atoms with van der Waals surface area (Å²) < 4.78 is 9.89. The lowest BCUT2D eigenvalue weighted by atomic mass is 9.82.